The van der Waals surface area contributed by atoms with Crippen LogP contribution in [0.4, 0.5) is 0 Å². The molecule has 0 spiro atoms. The SMILES string of the molecule is CCCC(NCC)c1ccn(Cc2cccc(C)n2)c1. The average Bonchev–Trinajstić information content (AvgIpc) is 2.87. The Morgan fingerprint density at radius 2 is 2.10 bits per heavy atom. The minimum atomic E-state index is 0.469. The monoisotopic (exact) mass is 271 g/mol. The van der Waals surface area contributed by atoms with Crippen molar-refractivity contribution in [2.24, 2.45) is 0 Å². The molecule has 0 amide bonds. The van der Waals surface area contributed by atoms with Crippen LogP contribution in [0.25, 0.3) is 0 Å². The Labute approximate surface area is 122 Å². The van der Waals surface area contributed by atoms with Crippen molar-refractivity contribution in [2.45, 2.75) is 46.2 Å². The lowest BCUT2D eigenvalue weighted by molar-refractivity contribution is 0.508. The number of aromatic nitrogens is 2. The third-order valence-electron chi connectivity index (χ3n) is 3.49. The molecule has 2 aromatic heterocycles. The Morgan fingerprint density at radius 1 is 1.25 bits per heavy atom. The predicted molar refractivity (Wildman–Crippen MR) is 83.8 cm³/mol. The molecule has 3 heteroatoms. The highest BCUT2D eigenvalue weighted by molar-refractivity contribution is 5.17. The molecule has 0 aliphatic carbocycles. The second-order valence-electron chi connectivity index (χ2n) is 5.29. The fraction of sp³-hybridized carbons (Fsp3) is 0.471. The molecule has 0 saturated heterocycles. The van der Waals surface area contributed by atoms with Gasteiger partial charge >= 0.3 is 0 Å². The second-order valence-corrected chi connectivity index (χ2v) is 5.29. The van der Waals surface area contributed by atoms with Gasteiger partial charge < -0.3 is 9.88 Å². The molecule has 1 unspecified atom stereocenters. The zero-order valence-electron chi connectivity index (χ0n) is 12.8. The van der Waals surface area contributed by atoms with E-state index in [1.54, 1.807) is 0 Å². The van der Waals surface area contributed by atoms with Gasteiger partial charge in [0.25, 0.3) is 0 Å². The molecule has 1 atom stereocenters. The van der Waals surface area contributed by atoms with E-state index in [4.69, 9.17) is 0 Å². The third kappa shape index (κ3) is 3.94. The maximum atomic E-state index is 4.56. The van der Waals surface area contributed by atoms with Crippen molar-refractivity contribution in [3.05, 3.63) is 53.6 Å². The number of hydrogen-bond donors (Lipinski definition) is 1. The third-order valence-corrected chi connectivity index (χ3v) is 3.49. The molecule has 0 aromatic carbocycles. The minimum Gasteiger partial charge on any atom is -0.348 e. The summed E-state index contributed by atoms with van der Waals surface area (Å²) < 4.78 is 2.22. The summed E-state index contributed by atoms with van der Waals surface area (Å²) in [6.07, 6.45) is 6.77. The number of nitrogens with one attached hydrogen (secondary N) is 1. The highest BCUT2D eigenvalue weighted by atomic mass is 15.0. The second kappa shape index (κ2) is 7.25. The van der Waals surface area contributed by atoms with Gasteiger partial charge in [-0.05, 0) is 43.7 Å². The summed E-state index contributed by atoms with van der Waals surface area (Å²) in [4.78, 5) is 4.56. The summed E-state index contributed by atoms with van der Waals surface area (Å²) in [5, 5.41) is 3.56. The molecule has 2 rings (SSSR count). The molecule has 0 bridgehead atoms. The first-order valence-corrected chi connectivity index (χ1v) is 7.54. The fourth-order valence-corrected chi connectivity index (χ4v) is 2.56. The number of aryl methyl sites for hydroxylation is 1. The Bertz CT molecular complexity index is 525. The van der Waals surface area contributed by atoms with Crippen LogP contribution in [0.1, 0.15) is 49.7 Å². The summed E-state index contributed by atoms with van der Waals surface area (Å²) in [6, 6.07) is 8.88. The van der Waals surface area contributed by atoms with Crippen molar-refractivity contribution >= 4 is 0 Å². The van der Waals surface area contributed by atoms with Gasteiger partial charge in [0, 0.05) is 24.1 Å². The molecule has 0 aliphatic heterocycles. The van der Waals surface area contributed by atoms with Gasteiger partial charge in [-0.25, -0.2) is 0 Å². The van der Waals surface area contributed by atoms with Crippen LogP contribution in [0.15, 0.2) is 36.7 Å². The first-order chi connectivity index (χ1) is 9.72. The molecule has 0 radical (unpaired) electrons. The molecule has 20 heavy (non-hydrogen) atoms. The Morgan fingerprint density at radius 3 is 2.80 bits per heavy atom. The van der Waals surface area contributed by atoms with E-state index in [9.17, 15) is 0 Å². The summed E-state index contributed by atoms with van der Waals surface area (Å²) in [5.41, 5.74) is 3.57. The summed E-state index contributed by atoms with van der Waals surface area (Å²) in [7, 11) is 0. The Hall–Kier alpha value is -1.61. The Balaban J connectivity index is 2.07. The zero-order chi connectivity index (χ0) is 14.4. The topological polar surface area (TPSA) is 29.9 Å². The molecular formula is C17H25N3. The molecule has 2 heterocycles. The van der Waals surface area contributed by atoms with Crippen molar-refractivity contribution in [3.8, 4) is 0 Å². The number of nitrogens with zero attached hydrogens (tertiary/aromatic N) is 2. The van der Waals surface area contributed by atoms with Gasteiger partial charge in [-0.1, -0.05) is 26.3 Å². The lowest BCUT2D eigenvalue weighted by Gasteiger charge is -2.15. The molecule has 3 nitrogen and oxygen atoms in total. The van der Waals surface area contributed by atoms with Crippen molar-refractivity contribution < 1.29 is 0 Å². The van der Waals surface area contributed by atoms with E-state index in [0.29, 0.717) is 6.04 Å². The lowest BCUT2D eigenvalue weighted by atomic mass is 10.1. The molecule has 0 fully saturated rings. The van der Waals surface area contributed by atoms with Crippen LogP contribution >= 0.6 is 0 Å². The van der Waals surface area contributed by atoms with Crippen LogP contribution < -0.4 is 5.32 Å². The molecule has 0 saturated carbocycles. The van der Waals surface area contributed by atoms with Gasteiger partial charge in [0.2, 0.25) is 0 Å². The largest absolute Gasteiger partial charge is 0.348 e. The average molecular weight is 271 g/mol. The van der Waals surface area contributed by atoms with Crippen molar-refractivity contribution in [1.82, 2.24) is 14.9 Å². The maximum Gasteiger partial charge on any atom is 0.0642 e. The summed E-state index contributed by atoms with van der Waals surface area (Å²) >= 11 is 0. The normalized spacial score (nSPS) is 12.6. The number of pyridine rings is 1. The molecule has 108 valence electrons. The van der Waals surface area contributed by atoms with Crippen LogP contribution in [0.2, 0.25) is 0 Å². The van der Waals surface area contributed by atoms with Crippen LogP contribution in [0.5, 0.6) is 0 Å². The summed E-state index contributed by atoms with van der Waals surface area (Å²) in [5.74, 6) is 0. The predicted octanol–water partition coefficient (Wildman–Crippen LogP) is 3.69. The van der Waals surface area contributed by atoms with Gasteiger partial charge in [0.05, 0.1) is 12.2 Å². The van der Waals surface area contributed by atoms with Gasteiger partial charge in [-0.3, -0.25) is 4.98 Å². The standard InChI is InChI=1S/C17H25N3/c1-4-7-17(18-5-2)15-10-11-20(12-15)13-16-9-6-8-14(3)19-16/h6,8-12,17-18H,4-5,7,13H2,1-3H3. The number of rotatable bonds is 7. The quantitative estimate of drug-likeness (QED) is 0.832. The molecular weight excluding hydrogens is 246 g/mol. The van der Waals surface area contributed by atoms with E-state index in [0.717, 1.165) is 24.5 Å². The molecule has 2 aromatic rings. The van der Waals surface area contributed by atoms with Crippen LogP contribution in [-0.2, 0) is 6.54 Å². The van der Waals surface area contributed by atoms with Crippen molar-refractivity contribution in [2.75, 3.05) is 6.54 Å². The van der Waals surface area contributed by atoms with Gasteiger partial charge in [0.15, 0.2) is 0 Å². The van der Waals surface area contributed by atoms with Crippen molar-refractivity contribution in [3.63, 3.8) is 0 Å². The van der Waals surface area contributed by atoms with Crippen molar-refractivity contribution in [1.29, 1.82) is 0 Å². The Kier molecular flexibility index (Phi) is 5.36. The fourth-order valence-electron chi connectivity index (χ4n) is 2.56. The van der Waals surface area contributed by atoms with Crippen LogP contribution in [-0.4, -0.2) is 16.1 Å². The van der Waals surface area contributed by atoms with E-state index in [-0.39, 0.29) is 0 Å². The number of hydrogen-bond acceptors (Lipinski definition) is 2. The van der Waals surface area contributed by atoms with Gasteiger partial charge in [-0.2, -0.15) is 0 Å². The smallest absolute Gasteiger partial charge is 0.0642 e. The van der Waals surface area contributed by atoms with E-state index in [2.05, 4.69) is 59.3 Å². The molecule has 1 N–H and O–H groups in total. The molecule has 0 aliphatic rings. The van der Waals surface area contributed by atoms with Crippen LogP contribution in [0, 0.1) is 6.92 Å². The van der Waals surface area contributed by atoms with E-state index >= 15 is 0 Å². The first-order valence-electron chi connectivity index (χ1n) is 7.54. The van der Waals surface area contributed by atoms with E-state index < -0.39 is 0 Å². The van der Waals surface area contributed by atoms with Gasteiger partial charge in [0.1, 0.15) is 0 Å². The highest BCUT2D eigenvalue weighted by Gasteiger charge is 2.10. The lowest BCUT2D eigenvalue weighted by Crippen LogP contribution is -2.20. The minimum absolute atomic E-state index is 0.469. The maximum absolute atomic E-state index is 4.56. The van der Waals surface area contributed by atoms with Gasteiger partial charge in [-0.15, -0.1) is 0 Å². The van der Waals surface area contributed by atoms with E-state index in [1.807, 2.05) is 13.0 Å². The highest BCUT2D eigenvalue weighted by Crippen LogP contribution is 2.19. The zero-order valence-corrected chi connectivity index (χ0v) is 12.8. The van der Waals surface area contributed by atoms with E-state index in [1.165, 1.54) is 18.4 Å². The first kappa shape index (κ1) is 14.8. The van der Waals surface area contributed by atoms with Crippen LogP contribution in [0.3, 0.4) is 0 Å². The summed E-state index contributed by atoms with van der Waals surface area (Å²) in [6.45, 7) is 8.28.